The number of para-hydroxylation sites is 2. The van der Waals surface area contributed by atoms with Gasteiger partial charge in [-0.3, -0.25) is 0 Å². The van der Waals surface area contributed by atoms with Crippen molar-refractivity contribution in [1.29, 1.82) is 0 Å². The lowest BCUT2D eigenvalue weighted by atomic mass is 9.80. The van der Waals surface area contributed by atoms with Crippen LogP contribution >= 0.6 is 45.2 Å². The summed E-state index contributed by atoms with van der Waals surface area (Å²) in [5.41, 5.74) is 0. The molecule has 0 spiro atoms. The molecule has 3 rings (SSSR count). The summed E-state index contributed by atoms with van der Waals surface area (Å²) in [4.78, 5) is 0. The summed E-state index contributed by atoms with van der Waals surface area (Å²) in [6, 6.07) is 16.5. The molecule has 2 atom stereocenters. The van der Waals surface area contributed by atoms with Crippen molar-refractivity contribution in [3.63, 3.8) is 0 Å². The lowest BCUT2D eigenvalue weighted by Crippen LogP contribution is -2.30. The molecule has 1 unspecified atom stereocenters. The van der Waals surface area contributed by atoms with Crippen molar-refractivity contribution >= 4 is 45.2 Å². The number of halogens is 2. The van der Waals surface area contributed by atoms with Crippen molar-refractivity contribution < 1.29 is 9.47 Å². The van der Waals surface area contributed by atoms with Crippen LogP contribution in [0, 0.1) is 19.0 Å². The normalized spacial score (nSPS) is 20.6. The lowest BCUT2D eigenvalue weighted by molar-refractivity contribution is 0.104. The average Bonchev–Trinajstić information content (AvgIpc) is 2.61. The van der Waals surface area contributed by atoms with Crippen molar-refractivity contribution in [3.05, 3.63) is 55.7 Å². The molecule has 1 saturated carbocycles. The third-order valence-electron chi connectivity index (χ3n) is 4.65. The molecule has 4 heteroatoms. The third kappa shape index (κ3) is 5.00. The van der Waals surface area contributed by atoms with Crippen LogP contribution in [0.25, 0.3) is 0 Å². The van der Waals surface area contributed by atoms with E-state index in [0.717, 1.165) is 24.7 Å². The Hall–Kier alpha value is -0.500. The Bertz CT molecular complexity index is 602. The lowest BCUT2D eigenvalue weighted by Gasteiger charge is -2.31. The van der Waals surface area contributed by atoms with Gasteiger partial charge in [0.2, 0.25) is 0 Å². The Balaban J connectivity index is 1.57. The molecule has 0 radical (unpaired) electrons. The van der Waals surface area contributed by atoms with E-state index in [-0.39, 0.29) is 0 Å². The van der Waals surface area contributed by atoms with Gasteiger partial charge in [0, 0.05) is 0 Å². The van der Waals surface area contributed by atoms with Crippen LogP contribution in [-0.2, 0) is 0 Å². The van der Waals surface area contributed by atoms with Gasteiger partial charge in [-0.15, -0.1) is 0 Å². The van der Waals surface area contributed by atoms with Gasteiger partial charge in [-0.05, 0) is 94.1 Å². The molecule has 2 aromatic rings. The molecule has 1 fully saturated rings. The molecule has 0 aliphatic heterocycles. The van der Waals surface area contributed by atoms with Gasteiger partial charge >= 0.3 is 0 Å². The highest BCUT2D eigenvalue weighted by Crippen LogP contribution is 2.32. The highest BCUT2D eigenvalue weighted by Gasteiger charge is 2.26. The van der Waals surface area contributed by atoms with Gasteiger partial charge in [0.25, 0.3) is 0 Å². The van der Waals surface area contributed by atoms with Gasteiger partial charge in [-0.2, -0.15) is 0 Å². The number of benzene rings is 2. The van der Waals surface area contributed by atoms with Crippen molar-refractivity contribution in [1.82, 2.24) is 0 Å². The van der Waals surface area contributed by atoms with E-state index < -0.39 is 0 Å². The fourth-order valence-corrected chi connectivity index (χ4v) is 4.33. The van der Waals surface area contributed by atoms with E-state index in [1.807, 2.05) is 24.3 Å². The molecule has 0 saturated heterocycles. The van der Waals surface area contributed by atoms with E-state index in [2.05, 4.69) is 69.4 Å². The molecule has 1 aliphatic carbocycles. The fraction of sp³-hybridized carbons (Fsp3) is 0.400. The van der Waals surface area contributed by atoms with Crippen molar-refractivity contribution in [3.8, 4) is 11.5 Å². The second-order valence-corrected chi connectivity index (χ2v) is 8.61. The number of ether oxygens (including phenoxy) is 2. The second-order valence-electron chi connectivity index (χ2n) is 6.29. The second kappa shape index (κ2) is 9.27. The maximum absolute atomic E-state index is 6.12. The minimum atomic E-state index is 0.580. The SMILES string of the molecule is Ic1ccccc1OCC1CCCC[C@H]1COc1ccccc1I. The predicted molar refractivity (Wildman–Crippen MR) is 115 cm³/mol. The zero-order valence-corrected chi connectivity index (χ0v) is 17.9. The average molecular weight is 548 g/mol. The number of hydrogen-bond acceptors (Lipinski definition) is 2. The quantitative estimate of drug-likeness (QED) is 0.403. The van der Waals surface area contributed by atoms with Gasteiger partial charge in [-0.1, -0.05) is 37.1 Å². The highest BCUT2D eigenvalue weighted by molar-refractivity contribution is 14.1. The Labute approximate surface area is 171 Å². The maximum atomic E-state index is 6.12. The first-order chi connectivity index (χ1) is 11.7. The van der Waals surface area contributed by atoms with Gasteiger partial charge in [0.1, 0.15) is 11.5 Å². The molecule has 2 nitrogen and oxygen atoms in total. The summed E-state index contributed by atoms with van der Waals surface area (Å²) in [5.74, 6) is 3.16. The van der Waals surface area contributed by atoms with E-state index in [4.69, 9.17) is 9.47 Å². The molecule has 0 heterocycles. The summed E-state index contributed by atoms with van der Waals surface area (Å²) in [5, 5.41) is 0. The summed E-state index contributed by atoms with van der Waals surface area (Å²) in [7, 11) is 0. The molecule has 0 amide bonds. The van der Waals surface area contributed by atoms with E-state index in [0.29, 0.717) is 11.8 Å². The monoisotopic (exact) mass is 548 g/mol. The smallest absolute Gasteiger partial charge is 0.132 e. The van der Waals surface area contributed by atoms with E-state index in [9.17, 15) is 0 Å². The van der Waals surface area contributed by atoms with Crippen LogP contribution in [0.3, 0.4) is 0 Å². The molecular weight excluding hydrogens is 526 g/mol. The third-order valence-corrected chi connectivity index (χ3v) is 6.43. The Morgan fingerprint density at radius 2 is 1.12 bits per heavy atom. The first-order valence-corrected chi connectivity index (χ1v) is 10.6. The van der Waals surface area contributed by atoms with Crippen LogP contribution < -0.4 is 9.47 Å². The van der Waals surface area contributed by atoms with Crippen LogP contribution in [0.5, 0.6) is 11.5 Å². The summed E-state index contributed by atoms with van der Waals surface area (Å²) in [6.45, 7) is 1.58. The fourth-order valence-electron chi connectivity index (χ4n) is 3.24. The largest absolute Gasteiger partial charge is 0.492 e. The molecule has 128 valence electrons. The predicted octanol–water partition coefficient (Wildman–Crippen LogP) is 6.16. The molecule has 0 aromatic heterocycles. The van der Waals surface area contributed by atoms with Crippen LogP contribution in [0.15, 0.2) is 48.5 Å². The van der Waals surface area contributed by atoms with Gasteiger partial charge in [0.15, 0.2) is 0 Å². The van der Waals surface area contributed by atoms with E-state index in [1.54, 1.807) is 0 Å². The molecular formula is C20H22I2O2. The topological polar surface area (TPSA) is 18.5 Å². The molecule has 0 N–H and O–H groups in total. The van der Waals surface area contributed by atoms with Gasteiger partial charge in [-0.25, -0.2) is 0 Å². The van der Waals surface area contributed by atoms with Gasteiger partial charge < -0.3 is 9.47 Å². The number of hydrogen-bond donors (Lipinski definition) is 0. The Kier molecular flexibility index (Phi) is 7.06. The standard InChI is InChI=1S/C20H22I2O2/c21-17-9-3-5-11-19(17)23-13-15-7-1-2-8-16(15)14-24-20-12-6-4-10-18(20)22/h3-6,9-12,15-16H,1-2,7-8,13-14H2/t15-,16?/m0/s1. The van der Waals surface area contributed by atoms with Crippen molar-refractivity contribution in [2.75, 3.05) is 13.2 Å². The molecule has 1 aliphatic rings. The van der Waals surface area contributed by atoms with Gasteiger partial charge in [0.05, 0.1) is 20.4 Å². The number of rotatable bonds is 6. The summed E-state index contributed by atoms with van der Waals surface area (Å²) >= 11 is 4.67. The minimum Gasteiger partial charge on any atom is -0.492 e. The highest BCUT2D eigenvalue weighted by atomic mass is 127. The maximum Gasteiger partial charge on any atom is 0.132 e. The van der Waals surface area contributed by atoms with Crippen LogP contribution in [0.2, 0.25) is 0 Å². The zero-order valence-electron chi connectivity index (χ0n) is 13.6. The Morgan fingerprint density at radius 1 is 0.708 bits per heavy atom. The van der Waals surface area contributed by atoms with Crippen LogP contribution in [0.1, 0.15) is 25.7 Å². The van der Waals surface area contributed by atoms with E-state index >= 15 is 0 Å². The summed E-state index contributed by atoms with van der Waals surface area (Å²) < 4.78 is 14.6. The van der Waals surface area contributed by atoms with Crippen molar-refractivity contribution in [2.45, 2.75) is 25.7 Å². The van der Waals surface area contributed by atoms with Crippen molar-refractivity contribution in [2.24, 2.45) is 11.8 Å². The summed E-state index contributed by atoms with van der Waals surface area (Å²) in [6.07, 6.45) is 5.09. The molecule has 24 heavy (non-hydrogen) atoms. The van der Waals surface area contributed by atoms with Crippen LogP contribution in [0.4, 0.5) is 0 Å². The Morgan fingerprint density at radius 3 is 1.54 bits per heavy atom. The minimum absolute atomic E-state index is 0.580. The zero-order chi connectivity index (χ0) is 16.8. The van der Waals surface area contributed by atoms with Crippen LogP contribution in [-0.4, -0.2) is 13.2 Å². The first-order valence-electron chi connectivity index (χ1n) is 8.48. The molecule has 2 aromatic carbocycles. The first kappa shape index (κ1) is 18.3. The molecule has 0 bridgehead atoms. The van der Waals surface area contributed by atoms with E-state index in [1.165, 1.54) is 32.8 Å².